The first kappa shape index (κ1) is 23.5. The van der Waals surface area contributed by atoms with Crippen molar-refractivity contribution in [1.82, 2.24) is 4.98 Å². The van der Waals surface area contributed by atoms with Crippen LogP contribution in [0.25, 0.3) is 22.4 Å². The molecular weight excluding hydrogens is 482 g/mol. The number of dihydropyridines is 1. The Kier molecular flexibility index (Phi) is 5.51. The second kappa shape index (κ2) is 8.45. The number of benzene rings is 2. The van der Waals surface area contributed by atoms with Crippen LogP contribution in [0.15, 0.2) is 70.8 Å². The van der Waals surface area contributed by atoms with E-state index in [4.69, 9.17) is 0 Å². The van der Waals surface area contributed by atoms with E-state index in [9.17, 15) is 31.6 Å². The molecule has 5 rings (SSSR count). The van der Waals surface area contributed by atoms with Gasteiger partial charge in [0.25, 0.3) is 0 Å². The zero-order valence-corrected chi connectivity index (χ0v) is 18.2. The van der Waals surface area contributed by atoms with Crippen molar-refractivity contribution in [3.8, 4) is 28.6 Å². The SMILES string of the molecule is N#CN=C1c2cc(-c3ccccn3)c(C(F)(F)F)cc2-c2cc(C(F)(F)F)c(C3CC=CC=N3)cc21. The Morgan fingerprint density at radius 3 is 2.14 bits per heavy atom. The number of aliphatic imine (C=N–C) groups is 2. The third-order valence-electron chi connectivity index (χ3n) is 6.07. The van der Waals surface area contributed by atoms with Crippen LogP contribution in [0.4, 0.5) is 26.3 Å². The molecule has 3 aromatic rings. The first-order valence-electron chi connectivity index (χ1n) is 10.7. The number of aromatic nitrogens is 1. The van der Waals surface area contributed by atoms with E-state index in [1.807, 2.05) is 0 Å². The highest BCUT2D eigenvalue weighted by Gasteiger charge is 2.41. The molecule has 1 aromatic heterocycles. The van der Waals surface area contributed by atoms with E-state index in [0.717, 1.165) is 12.1 Å². The minimum Gasteiger partial charge on any atom is -0.285 e. The molecule has 2 aromatic carbocycles. The Balaban J connectivity index is 1.82. The third kappa shape index (κ3) is 3.96. The smallest absolute Gasteiger partial charge is 0.285 e. The zero-order valence-electron chi connectivity index (χ0n) is 18.2. The van der Waals surface area contributed by atoms with Gasteiger partial charge < -0.3 is 0 Å². The summed E-state index contributed by atoms with van der Waals surface area (Å²) in [5, 5.41) is 9.31. The highest BCUT2D eigenvalue weighted by atomic mass is 19.4. The minimum absolute atomic E-state index is 0.00119. The van der Waals surface area contributed by atoms with Crippen molar-refractivity contribution in [3.63, 3.8) is 0 Å². The second-order valence-electron chi connectivity index (χ2n) is 8.18. The van der Waals surface area contributed by atoms with Crippen LogP contribution in [0.3, 0.4) is 0 Å². The monoisotopic (exact) mass is 496 g/mol. The first-order valence-corrected chi connectivity index (χ1v) is 10.7. The molecule has 0 saturated carbocycles. The molecule has 180 valence electrons. The quantitative estimate of drug-likeness (QED) is 0.218. The summed E-state index contributed by atoms with van der Waals surface area (Å²) in [6, 6.07) is 7.69. The first-order chi connectivity index (χ1) is 17.1. The fourth-order valence-corrected chi connectivity index (χ4v) is 4.55. The van der Waals surface area contributed by atoms with Crippen molar-refractivity contribution >= 4 is 11.9 Å². The molecule has 1 unspecified atom stereocenters. The standard InChI is InChI=1S/C26H14F6N4/c27-25(28,29)20-11-14-15-12-21(26(30,31)32)19(23-6-2-4-8-35-23)10-17(15)24(36-13-33)16(14)9-18(20)22-5-1-3-7-34-22/h1-5,7-12,23H,6H2. The Morgan fingerprint density at radius 2 is 1.56 bits per heavy atom. The average molecular weight is 496 g/mol. The van der Waals surface area contributed by atoms with E-state index >= 15 is 0 Å². The summed E-state index contributed by atoms with van der Waals surface area (Å²) in [6.07, 6.45) is -1.71. The Hall–Kier alpha value is -4.26. The number of nitriles is 1. The summed E-state index contributed by atoms with van der Waals surface area (Å²) in [5.74, 6) is 0. The molecule has 0 bridgehead atoms. The number of alkyl halides is 6. The van der Waals surface area contributed by atoms with Crippen LogP contribution in [-0.2, 0) is 12.4 Å². The molecule has 0 radical (unpaired) electrons. The molecule has 1 aliphatic heterocycles. The molecular formula is C26H14F6N4. The Morgan fingerprint density at radius 1 is 0.861 bits per heavy atom. The van der Waals surface area contributed by atoms with Gasteiger partial charge in [0, 0.05) is 29.1 Å². The molecule has 1 aliphatic carbocycles. The largest absolute Gasteiger partial charge is 0.417 e. The summed E-state index contributed by atoms with van der Waals surface area (Å²) >= 11 is 0. The molecule has 0 N–H and O–H groups in total. The maximum atomic E-state index is 14.1. The Bertz CT molecular complexity index is 1490. The van der Waals surface area contributed by atoms with Crippen molar-refractivity contribution in [2.24, 2.45) is 9.98 Å². The number of nitrogens with zero attached hydrogens (tertiary/aromatic N) is 4. The van der Waals surface area contributed by atoms with Crippen LogP contribution in [0, 0.1) is 11.5 Å². The van der Waals surface area contributed by atoms with Gasteiger partial charge in [0.1, 0.15) is 0 Å². The van der Waals surface area contributed by atoms with E-state index in [1.54, 1.807) is 24.4 Å². The van der Waals surface area contributed by atoms with Gasteiger partial charge in [0.05, 0.1) is 28.6 Å². The number of hydrogen-bond acceptors (Lipinski definition) is 4. The average Bonchev–Trinajstić information content (AvgIpc) is 3.15. The van der Waals surface area contributed by atoms with E-state index < -0.39 is 29.5 Å². The topological polar surface area (TPSA) is 61.4 Å². The number of halogens is 6. The number of allylic oxidation sites excluding steroid dienone is 1. The number of hydrogen-bond donors (Lipinski definition) is 0. The van der Waals surface area contributed by atoms with Crippen molar-refractivity contribution in [2.45, 2.75) is 24.8 Å². The normalized spacial score (nSPS) is 17.7. The lowest BCUT2D eigenvalue weighted by Gasteiger charge is -2.21. The van der Waals surface area contributed by atoms with Gasteiger partial charge >= 0.3 is 12.4 Å². The Labute approximate surface area is 201 Å². The molecule has 0 saturated heterocycles. The minimum atomic E-state index is -4.81. The van der Waals surface area contributed by atoms with Gasteiger partial charge in [-0.2, -0.15) is 36.6 Å². The molecule has 0 fully saturated rings. The molecule has 36 heavy (non-hydrogen) atoms. The van der Waals surface area contributed by atoms with Crippen LogP contribution in [-0.4, -0.2) is 16.9 Å². The van der Waals surface area contributed by atoms with Gasteiger partial charge in [-0.25, -0.2) is 0 Å². The predicted molar refractivity (Wildman–Crippen MR) is 121 cm³/mol. The van der Waals surface area contributed by atoms with E-state index in [-0.39, 0.29) is 51.2 Å². The van der Waals surface area contributed by atoms with E-state index in [1.165, 1.54) is 36.7 Å². The molecule has 2 heterocycles. The van der Waals surface area contributed by atoms with Crippen LogP contribution in [0.1, 0.15) is 40.3 Å². The maximum Gasteiger partial charge on any atom is 0.417 e. The molecule has 4 nitrogen and oxygen atoms in total. The number of fused-ring (bicyclic) bond motifs is 3. The lowest BCUT2D eigenvalue weighted by atomic mass is 9.91. The van der Waals surface area contributed by atoms with Gasteiger partial charge in [0.2, 0.25) is 6.19 Å². The summed E-state index contributed by atoms with van der Waals surface area (Å²) in [7, 11) is 0. The third-order valence-corrected chi connectivity index (χ3v) is 6.07. The van der Waals surface area contributed by atoms with Crippen LogP contribution in [0.2, 0.25) is 0 Å². The highest BCUT2D eigenvalue weighted by molar-refractivity contribution is 6.25. The summed E-state index contributed by atoms with van der Waals surface area (Å²) in [6.45, 7) is 0. The zero-order chi connectivity index (χ0) is 25.7. The summed E-state index contributed by atoms with van der Waals surface area (Å²) < 4.78 is 84.6. The van der Waals surface area contributed by atoms with Crippen molar-refractivity contribution < 1.29 is 26.3 Å². The molecule has 0 amide bonds. The predicted octanol–water partition coefficient (Wildman–Crippen LogP) is 7.16. The fraction of sp³-hybridized carbons (Fsp3) is 0.154. The molecule has 2 aliphatic rings. The van der Waals surface area contributed by atoms with Crippen molar-refractivity contribution in [1.29, 1.82) is 5.26 Å². The summed E-state index contributed by atoms with van der Waals surface area (Å²) in [5.41, 5.74) is -2.32. The summed E-state index contributed by atoms with van der Waals surface area (Å²) in [4.78, 5) is 12.0. The van der Waals surface area contributed by atoms with Crippen LogP contribution in [0.5, 0.6) is 0 Å². The van der Waals surface area contributed by atoms with Gasteiger partial charge in [-0.15, -0.1) is 0 Å². The number of pyridine rings is 1. The number of rotatable bonds is 2. The highest BCUT2D eigenvalue weighted by Crippen LogP contribution is 2.48. The van der Waals surface area contributed by atoms with E-state index in [0.29, 0.717) is 0 Å². The lowest BCUT2D eigenvalue weighted by Crippen LogP contribution is -2.13. The van der Waals surface area contributed by atoms with E-state index in [2.05, 4.69) is 15.0 Å². The van der Waals surface area contributed by atoms with Crippen LogP contribution >= 0.6 is 0 Å². The molecule has 1 atom stereocenters. The van der Waals surface area contributed by atoms with Gasteiger partial charge in [-0.05, 0) is 65.6 Å². The van der Waals surface area contributed by atoms with Gasteiger partial charge in [-0.3, -0.25) is 9.98 Å². The van der Waals surface area contributed by atoms with Crippen molar-refractivity contribution in [3.05, 3.63) is 88.6 Å². The van der Waals surface area contributed by atoms with Crippen LogP contribution < -0.4 is 0 Å². The maximum absolute atomic E-state index is 14.1. The van der Waals surface area contributed by atoms with Gasteiger partial charge in [0.15, 0.2) is 0 Å². The van der Waals surface area contributed by atoms with Gasteiger partial charge in [-0.1, -0.05) is 12.1 Å². The van der Waals surface area contributed by atoms with Crippen molar-refractivity contribution in [2.75, 3.05) is 0 Å². The second-order valence-corrected chi connectivity index (χ2v) is 8.18. The molecule has 0 spiro atoms. The fourth-order valence-electron chi connectivity index (χ4n) is 4.55. The lowest BCUT2D eigenvalue weighted by molar-refractivity contribution is -0.138. The molecule has 10 heteroatoms.